The molecule has 1 amide bonds. The highest BCUT2D eigenvalue weighted by Gasteiger charge is 2.13. The van der Waals surface area contributed by atoms with Gasteiger partial charge in [0.05, 0.1) is 12.7 Å². The zero-order valence-electron chi connectivity index (χ0n) is 13.5. The first-order chi connectivity index (χ1) is 11.5. The first kappa shape index (κ1) is 17.3. The predicted molar refractivity (Wildman–Crippen MR) is 86.1 cm³/mol. The molecule has 0 bridgehead atoms. The summed E-state index contributed by atoms with van der Waals surface area (Å²) in [6.07, 6.45) is 0. The molecule has 6 heteroatoms. The van der Waals surface area contributed by atoms with E-state index in [1.165, 1.54) is 24.1 Å². The van der Waals surface area contributed by atoms with Crippen LogP contribution in [0.15, 0.2) is 42.5 Å². The molecule has 0 radical (unpaired) electrons. The number of nitriles is 1. The molecular formula is C18H17FN2O3. The highest BCUT2D eigenvalue weighted by molar-refractivity contribution is 5.77. The van der Waals surface area contributed by atoms with E-state index in [9.17, 15) is 9.18 Å². The number of hydrogen-bond donors (Lipinski definition) is 0. The monoisotopic (exact) mass is 328 g/mol. The Hall–Kier alpha value is -3.07. The predicted octanol–water partition coefficient (Wildman–Crippen LogP) is 2.74. The van der Waals surface area contributed by atoms with Crippen LogP contribution >= 0.6 is 0 Å². The maximum absolute atomic E-state index is 13.7. The molecule has 2 rings (SSSR count). The fourth-order valence-electron chi connectivity index (χ4n) is 2.10. The Morgan fingerprint density at radius 2 is 2.00 bits per heavy atom. The molecule has 0 spiro atoms. The minimum absolute atomic E-state index is 0.157. The van der Waals surface area contributed by atoms with Crippen LogP contribution in [0.1, 0.15) is 11.1 Å². The third kappa shape index (κ3) is 4.23. The zero-order chi connectivity index (χ0) is 17.5. The van der Waals surface area contributed by atoms with E-state index in [1.54, 1.807) is 37.4 Å². The van der Waals surface area contributed by atoms with E-state index < -0.39 is 5.82 Å². The SMILES string of the molecule is COc1ccc(CN(C)C(=O)COc2ccccc2C#N)cc1F. The summed E-state index contributed by atoms with van der Waals surface area (Å²) in [5.74, 6) is -0.240. The summed E-state index contributed by atoms with van der Waals surface area (Å²) in [5.41, 5.74) is 1.01. The van der Waals surface area contributed by atoms with Gasteiger partial charge in [-0.2, -0.15) is 5.26 Å². The van der Waals surface area contributed by atoms with Crippen LogP contribution in [0.4, 0.5) is 4.39 Å². The number of carbonyl (C=O) groups excluding carboxylic acids is 1. The van der Waals surface area contributed by atoms with Gasteiger partial charge in [0.25, 0.3) is 5.91 Å². The number of carbonyl (C=O) groups is 1. The molecule has 24 heavy (non-hydrogen) atoms. The van der Waals surface area contributed by atoms with Crippen LogP contribution in [0.2, 0.25) is 0 Å². The second-order valence-corrected chi connectivity index (χ2v) is 5.12. The van der Waals surface area contributed by atoms with Gasteiger partial charge in [-0.05, 0) is 29.8 Å². The van der Waals surface area contributed by atoms with Crippen LogP contribution < -0.4 is 9.47 Å². The lowest BCUT2D eigenvalue weighted by Gasteiger charge is -2.18. The molecule has 2 aromatic rings. The van der Waals surface area contributed by atoms with Gasteiger partial charge in [-0.3, -0.25) is 4.79 Å². The van der Waals surface area contributed by atoms with Crippen LogP contribution in [0.5, 0.6) is 11.5 Å². The number of likely N-dealkylation sites (N-methyl/N-ethyl adjacent to an activating group) is 1. The third-order valence-electron chi connectivity index (χ3n) is 3.42. The van der Waals surface area contributed by atoms with Crippen molar-refractivity contribution in [3.63, 3.8) is 0 Å². The van der Waals surface area contributed by atoms with Crippen molar-refractivity contribution in [1.29, 1.82) is 5.26 Å². The summed E-state index contributed by atoms with van der Waals surface area (Å²) in [6.45, 7) is 0.0385. The van der Waals surface area contributed by atoms with Crippen molar-refractivity contribution in [2.24, 2.45) is 0 Å². The third-order valence-corrected chi connectivity index (χ3v) is 3.42. The summed E-state index contributed by atoms with van der Waals surface area (Å²) in [5, 5.41) is 8.99. The maximum atomic E-state index is 13.7. The number of amides is 1. The van der Waals surface area contributed by atoms with Gasteiger partial charge < -0.3 is 14.4 Å². The van der Waals surface area contributed by atoms with Crippen molar-refractivity contribution in [3.05, 3.63) is 59.4 Å². The average molecular weight is 328 g/mol. The molecule has 0 aliphatic carbocycles. The van der Waals surface area contributed by atoms with E-state index in [4.69, 9.17) is 14.7 Å². The van der Waals surface area contributed by atoms with Crippen LogP contribution in [-0.2, 0) is 11.3 Å². The van der Waals surface area contributed by atoms with Gasteiger partial charge in [-0.15, -0.1) is 0 Å². The molecule has 124 valence electrons. The van der Waals surface area contributed by atoms with Crippen molar-refractivity contribution in [2.45, 2.75) is 6.54 Å². The Kier molecular flexibility index (Phi) is 5.74. The van der Waals surface area contributed by atoms with E-state index in [-0.39, 0.29) is 24.8 Å². The van der Waals surface area contributed by atoms with Crippen LogP contribution in [0.25, 0.3) is 0 Å². The molecule has 0 aliphatic rings. The van der Waals surface area contributed by atoms with Crippen LogP contribution in [0.3, 0.4) is 0 Å². The second-order valence-electron chi connectivity index (χ2n) is 5.12. The van der Waals surface area contributed by atoms with Crippen molar-refractivity contribution >= 4 is 5.91 Å². The van der Waals surface area contributed by atoms with E-state index >= 15 is 0 Å². The van der Waals surface area contributed by atoms with Gasteiger partial charge in [-0.1, -0.05) is 18.2 Å². The fourth-order valence-corrected chi connectivity index (χ4v) is 2.10. The molecule has 0 aliphatic heterocycles. The maximum Gasteiger partial charge on any atom is 0.260 e. The summed E-state index contributed by atoms with van der Waals surface area (Å²) < 4.78 is 23.9. The molecule has 0 heterocycles. The van der Waals surface area contributed by atoms with Crippen molar-refractivity contribution < 1.29 is 18.7 Å². The minimum atomic E-state index is -0.477. The summed E-state index contributed by atoms with van der Waals surface area (Å²) in [6, 6.07) is 13.2. The summed E-state index contributed by atoms with van der Waals surface area (Å²) in [4.78, 5) is 13.6. The zero-order valence-corrected chi connectivity index (χ0v) is 13.5. The number of rotatable bonds is 6. The van der Waals surface area contributed by atoms with Crippen LogP contribution in [0, 0.1) is 17.1 Å². The molecule has 0 fully saturated rings. The quantitative estimate of drug-likeness (QED) is 0.818. The van der Waals surface area contributed by atoms with Crippen molar-refractivity contribution in [2.75, 3.05) is 20.8 Å². The smallest absolute Gasteiger partial charge is 0.260 e. The first-order valence-electron chi connectivity index (χ1n) is 7.23. The van der Waals surface area contributed by atoms with E-state index in [1.807, 2.05) is 6.07 Å². The first-order valence-corrected chi connectivity index (χ1v) is 7.23. The lowest BCUT2D eigenvalue weighted by molar-refractivity contribution is -0.132. The fraction of sp³-hybridized carbons (Fsp3) is 0.222. The van der Waals surface area contributed by atoms with E-state index in [0.717, 1.165) is 0 Å². The van der Waals surface area contributed by atoms with Gasteiger partial charge in [-0.25, -0.2) is 4.39 Å². The number of para-hydroxylation sites is 1. The van der Waals surface area contributed by atoms with Crippen LogP contribution in [-0.4, -0.2) is 31.6 Å². The Bertz CT molecular complexity index is 771. The molecule has 0 aromatic heterocycles. The highest BCUT2D eigenvalue weighted by Crippen LogP contribution is 2.19. The molecular weight excluding hydrogens is 311 g/mol. The topological polar surface area (TPSA) is 62.6 Å². The van der Waals surface area contributed by atoms with Gasteiger partial charge >= 0.3 is 0 Å². The average Bonchev–Trinajstić information content (AvgIpc) is 2.60. The summed E-state index contributed by atoms with van der Waals surface area (Å²) in [7, 11) is 2.99. The number of benzene rings is 2. The van der Waals surface area contributed by atoms with Gasteiger partial charge in [0.15, 0.2) is 18.2 Å². The van der Waals surface area contributed by atoms with Gasteiger partial charge in [0.2, 0.25) is 0 Å². The standard InChI is InChI=1S/C18H17FN2O3/c1-21(11-13-7-8-17(23-2)15(19)9-13)18(22)12-24-16-6-4-3-5-14(16)10-20/h3-9H,11-12H2,1-2H3. The molecule has 0 saturated carbocycles. The Labute approximate surface area is 139 Å². The van der Waals surface area contributed by atoms with Gasteiger partial charge in [0.1, 0.15) is 11.8 Å². The second kappa shape index (κ2) is 7.97. The lowest BCUT2D eigenvalue weighted by atomic mass is 10.2. The summed E-state index contributed by atoms with van der Waals surface area (Å²) >= 11 is 0. The molecule has 2 aromatic carbocycles. The number of ether oxygens (including phenoxy) is 2. The Morgan fingerprint density at radius 1 is 1.25 bits per heavy atom. The molecule has 5 nitrogen and oxygen atoms in total. The molecule has 0 unspecified atom stereocenters. The number of methoxy groups -OCH3 is 1. The van der Waals surface area contributed by atoms with E-state index in [0.29, 0.717) is 16.9 Å². The van der Waals surface area contributed by atoms with Gasteiger partial charge in [0, 0.05) is 13.6 Å². The van der Waals surface area contributed by atoms with Crippen molar-refractivity contribution in [1.82, 2.24) is 4.90 Å². The largest absolute Gasteiger partial charge is 0.494 e. The normalized spacial score (nSPS) is 9.92. The van der Waals surface area contributed by atoms with Crippen molar-refractivity contribution in [3.8, 4) is 17.6 Å². The highest BCUT2D eigenvalue weighted by atomic mass is 19.1. The number of hydrogen-bond acceptors (Lipinski definition) is 4. The number of halogens is 1. The molecule has 0 atom stereocenters. The molecule has 0 N–H and O–H groups in total. The van der Waals surface area contributed by atoms with E-state index in [2.05, 4.69) is 0 Å². The molecule has 0 saturated heterocycles. The Balaban J connectivity index is 1.95. The Morgan fingerprint density at radius 3 is 2.67 bits per heavy atom. The lowest BCUT2D eigenvalue weighted by Crippen LogP contribution is -2.31. The minimum Gasteiger partial charge on any atom is -0.494 e. The number of nitrogens with zero attached hydrogens (tertiary/aromatic N) is 2.